The first kappa shape index (κ1) is 19.0. The second-order valence-corrected chi connectivity index (χ2v) is 9.50. The van der Waals surface area contributed by atoms with Crippen molar-refractivity contribution in [1.82, 2.24) is 20.1 Å². The fraction of sp³-hybridized carbons (Fsp3) is 0.591. The van der Waals surface area contributed by atoms with Crippen molar-refractivity contribution in [2.24, 2.45) is 11.8 Å². The number of carbonyl (C=O) groups excluding carboxylic acids is 1. The molecule has 6 nitrogen and oxygen atoms in total. The highest BCUT2D eigenvalue weighted by atomic mass is 32.2. The number of thioether (sulfide) groups is 1. The number of amides is 1. The van der Waals surface area contributed by atoms with Crippen LogP contribution in [-0.4, -0.2) is 45.6 Å². The lowest BCUT2D eigenvalue weighted by Crippen LogP contribution is -2.39. The van der Waals surface area contributed by atoms with Crippen molar-refractivity contribution in [3.8, 4) is 5.69 Å². The number of benzene rings is 1. The van der Waals surface area contributed by atoms with Gasteiger partial charge in [0, 0.05) is 19.1 Å². The van der Waals surface area contributed by atoms with Crippen LogP contribution in [0.3, 0.4) is 0 Å². The minimum atomic E-state index is 0.126. The molecule has 1 aromatic carbocycles. The highest BCUT2D eigenvalue weighted by Gasteiger charge is 2.42. The highest BCUT2D eigenvalue weighted by Crippen LogP contribution is 2.44. The number of para-hydroxylation sites is 1. The summed E-state index contributed by atoms with van der Waals surface area (Å²) in [5, 5.41) is 13.1. The van der Waals surface area contributed by atoms with Crippen LogP contribution in [0.2, 0.25) is 0 Å². The number of anilines is 1. The van der Waals surface area contributed by atoms with Crippen LogP contribution in [0, 0.1) is 11.8 Å². The molecule has 0 unspecified atom stereocenters. The molecular weight excluding hydrogens is 382 g/mol. The third-order valence-electron chi connectivity index (χ3n) is 6.19. The molecule has 154 valence electrons. The Balaban J connectivity index is 1.31. The van der Waals surface area contributed by atoms with Gasteiger partial charge in [0.05, 0.1) is 11.4 Å². The van der Waals surface area contributed by atoms with Crippen LogP contribution in [0.1, 0.15) is 44.9 Å². The Labute approximate surface area is 176 Å². The predicted octanol–water partition coefficient (Wildman–Crippen LogP) is 3.65. The summed E-state index contributed by atoms with van der Waals surface area (Å²) >= 11 is 1.49. The van der Waals surface area contributed by atoms with Crippen LogP contribution in [0.25, 0.3) is 5.69 Å². The molecule has 2 saturated carbocycles. The van der Waals surface area contributed by atoms with Crippen LogP contribution in [0.5, 0.6) is 0 Å². The number of aromatic nitrogens is 3. The third-order valence-corrected chi connectivity index (χ3v) is 7.12. The van der Waals surface area contributed by atoms with E-state index >= 15 is 0 Å². The Morgan fingerprint density at radius 1 is 1.03 bits per heavy atom. The SMILES string of the molecule is O=C(CSc1nnc(N2CCCCC2)n1-c1ccccc1)NC(C1CC1)C1CC1. The van der Waals surface area contributed by atoms with E-state index in [9.17, 15) is 4.79 Å². The maximum absolute atomic E-state index is 12.6. The second-order valence-electron chi connectivity index (χ2n) is 8.56. The molecule has 29 heavy (non-hydrogen) atoms. The number of piperidine rings is 1. The van der Waals surface area contributed by atoms with Gasteiger partial charge < -0.3 is 10.2 Å². The van der Waals surface area contributed by atoms with Crippen molar-refractivity contribution in [3.05, 3.63) is 30.3 Å². The van der Waals surface area contributed by atoms with Crippen molar-refractivity contribution in [2.75, 3.05) is 23.7 Å². The summed E-state index contributed by atoms with van der Waals surface area (Å²) in [5.74, 6) is 2.85. The molecule has 1 amide bonds. The molecule has 2 aromatic rings. The smallest absolute Gasteiger partial charge is 0.232 e. The molecule has 7 heteroatoms. The monoisotopic (exact) mass is 411 g/mol. The van der Waals surface area contributed by atoms with Crippen LogP contribution >= 0.6 is 11.8 Å². The molecule has 0 spiro atoms. The molecule has 0 bridgehead atoms. The summed E-state index contributed by atoms with van der Waals surface area (Å²) in [5.41, 5.74) is 1.05. The first-order chi connectivity index (χ1) is 14.3. The van der Waals surface area contributed by atoms with Gasteiger partial charge in [-0.15, -0.1) is 10.2 Å². The van der Waals surface area contributed by atoms with E-state index in [1.54, 1.807) is 0 Å². The summed E-state index contributed by atoms with van der Waals surface area (Å²) in [7, 11) is 0. The van der Waals surface area contributed by atoms with Crippen molar-refractivity contribution >= 4 is 23.6 Å². The van der Waals surface area contributed by atoms with Gasteiger partial charge in [-0.25, -0.2) is 0 Å². The van der Waals surface area contributed by atoms with Gasteiger partial charge in [0.1, 0.15) is 0 Å². The molecule has 1 aliphatic heterocycles. The zero-order valence-electron chi connectivity index (χ0n) is 16.8. The topological polar surface area (TPSA) is 63.1 Å². The predicted molar refractivity (Wildman–Crippen MR) is 116 cm³/mol. The molecule has 1 saturated heterocycles. The molecule has 2 aliphatic carbocycles. The Kier molecular flexibility index (Phi) is 5.48. The Morgan fingerprint density at radius 3 is 2.38 bits per heavy atom. The lowest BCUT2D eigenvalue weighted by molar-refractivity contribution is -0.119. The normalized spacial score (nSPS) is 19.6. The molecule has 1 N–H and O–H groups in total. The Hall–Kier alpha value is -2.02. The quantitative estimate of drug-likeness (QED) is 0.672. The van der Waals surface area contributed by atoms with Crippen molar-refractivity contribution in [3.63, 3.8) is 0 Å². The van der Waals surface area contributed by atoms with Gasteiger partial charge >= 0.3 is 0 Å². The average Bonchev–Trinajstić information content (AvgIpc) is 3.69. The molecule has 0 atom stereocenters. The van der Waals surface area contributed by atoms with Gasteiger partial charge in [-0.3, -0.25) is 9.36 Å². The first-order valence-corrected chi connectivity index (χ1v) is 12.0. The molecule has 1 aromatic heterocycles. The molecule has 5 rings (SSSR count). The van der Waals surface area contributed by atoms with E-state index in [0.717, 1.165) is 41.7 Å². The largest absolute Gasteiger partial charge is 0.352 e. The maximum atomic E-state index is 12.6. The molecule has 0 radical (unpaired) electrons. The number of hydrogen-bond acceptors (Lipinski definition) is 5. The van der Waals surface area contributed by atoms with Crippen molar-refractivity contribution in [2.45, 2.75) is 56.1 Å². The summed E-state index contributed by atoms with van der Waals surface area (Å²) in [6, 6.07) is 10.6. The van der Waals surface area contributed by atoms with Gasteiger partial charge in [-0.1, -0.05) is 30.0 Å². The minimum Gasteiger partial charge on any atom is -0.352 e. The third kappa shape index (κ3) is 4.44. The van der Waals surface area contributed by atoms with Crippen molar-refractivity contribution < 1.29 is 4.79 Å². The standard InChI is InChI=1S/C22H29N5OS/c28-19(23-20(16-9-10-16)17-11-12-17)15-29-22-25-24-21(26-13-5-2-6-14-26)27(22)18-7-3-1-4-8-18/h1,3-4,7-8,16-17,20H,2,5-6,9-15H2,(H,23,28). The zero-order valence-corrected chi connectivity index (χ0v) is 17.6. The average molecular weight is 412 g/mol. The van der Waals surface area contributed by atoms with E-state index in [4.69, 9.17) is 0 Å². The summed E-state index contributed by atoms with van der Waals surface area (Å²) in [6.45, 7) is 2.03. The van der Waals surface area contributed by atoms with E-state index in [0.29, 0.717) is 11.8 Å². The van der Waals surface area contributed by atoms with E-state index in [-0.39, 0.29) is 5.91 Å². The van der Waals surface area contributed by atoms with Crippen LogP contribution in [0.4, 0.5) is 5.95 Å². The molecular formula is C22H29N5OS. The van der Waals surface area contributed by atoms with Gasteiger partial charge in [0.2, 0.25) is 11.9 Å². The van der Waals surface area contributed by atoms with Gasteiger partial charge in [0.15, 0.2) is 5.16 Å². The fourth-order valence-corrected chi connectivity index (χ4v) is 5.10. The van der Waals surface area contributed by atoms with E-state index in [1.807, 2.05) is 18.2 Å². The zero-order chi connectivity index (χ0) is 19.6. The molecule has 3 aliphatic rings. The van der Waals surface area contributed by atoms with Crippen LogP contribution in [0.15, 0.2) is 35.5 Å². The fourth-order valence-electron chi connectivity index (χ4n) is 4.35. The van der Waals surface area contributed by atoms with Gasteiger partial charge in [-0.2, -0.15) is 0 Å². The number of rotatable bonds is 8. The Morgan fingerprint density at radius 2 is 1.72 bits per heavy atom. The lowest BCUT2D eigenvalue weighted by Gasteiger charge is -2.27. The van der Waals surface area contributed by atoms with E-state index < -0.39 is 0 Å². The summed E-state index contributed by atoms with van der Waals surface area (Å²) in [4.78, 5) is 15.0. The van der Waals surface area contributed by atoms with Crippen LogP contribution < -0.4 is 10.2 Å². The lowest BCUT2D eigenvalue weighted by atomic mass is 10.1. The minimum absolute atomic E-state index is 0.126. The van der Waals surface area contributed by atoms with Crippen LogP contribution in [-0.2, 0) is 4.79 Å². The number of hydrogen-bond donors (Lipinski definition) is 1. The number of nitrogens with one attached hydrogen (secondary N) is 1. The van der Waals surface area contributed by atoms with Gasteiger partial charge in [0.25, 0.3) is 0 Å². The number of nitrogens with zero attached hydrogens (tertiary/aromatic N) is 4. The maximum Gasteiger partial charge on any atom is 0.232 e. The summed E-state index contributed by atoms with van der Waals surface area (Å²) < 4.78 is 2.11. The molecule has 2 heterocycles. The molecule has 3 fully saturated rings. The Bertz CT molecular complexity index is 828. The van der Waals surface area contributed by atoms with E-state index in [2.05, 4.69) is 37.1 Å². The summed E-state index contributed by atoms with van der Waals surface area (Å²) in [6.07, 6.45) is 8.76. The first-order valence-electron chi connectivity index (χ1n) is 11.0. The van der Waals surface area contributed by atoms with E-state index in [1.165, 1.54) is 56.7 Å². The van der Waals surface area contributed by atoms with Crippen molar-refractivity contribution in [1.29, 1.82) is 0 Å². The number of carbonyl (C=O) groups is 1. The van der Waals surface area contributed by atoms with Gasteiger partial charge in [-0.05, 0) is 68.9 Å². The highest BCUT2D eigenvalue weighted by molar-refractivity contribution is 7.99. The second kappa shape index (κ2) is 8.38.